The smallest absolute Gasteiger partial charge is 0.211 e. The number of aromatic nitrogens is 2. The van der Waals surface area contributed by atoms with Crippen LogP contribution in [-0.2, 0) is 22.9 Å². The molecule has 29 heavy (non-hydrogen) atoms. The first kappa shape index (κ1) is 20.3. The highest BCUT2D eigenvalue weighted by Gasteiger charge is 2.34. The predicted octanol–water partition coefficient (Wildman–Crippen LogP) is 3.27. The molecule has 0 aliphatic carbocycles. The maximum atomic E-state index is 12.3. The number of aryl methyl sites for hydroxylation is 1. The molecular formula is C22H30N4O2S. The van der Waals surface area contributed by atoms with E-state index in [1.54, 1.807) is 4.31 Å². The van der Waals surface area contributed by atoms with Crippen LogP contribution in [0.15, 0.2) is 30.3 Å². The van der Waals surface area contributed by atoms with Crippen molar-refractivity contribution < 1.29 is 8.42 Å². The number of benzene rings is 1. The molecule has 7 heteroatoms. The highest BCUT2D eigenvalue weighted by atomic mass is 32.2. The van der Waals surface area contributed by atoms with Gasteiger partial charge in [0.1, 0.15) is 11.6 Å². The van der Waals surface area contributed by atoms with Crippen LogP contribution in [0.4, 0.5) is 5.82 Å². The van der Waals surface area contributed by atoms with Gasteiger partial charge in [0.15, 0.2) is 0 Å². The van der Waals surface area contributed by atoms with Gasteiger partial charge >= 0.3 is 0 Å². The fourth-order valence-corrected chi connectivity index (χ4v) is 5.67. The van der Waals surface area contributed by atoms with Crippen molar-refractivity contribution in [3.8, 4) is 0 Å². The van der Waals surface area contributed by atoms with Gasteiger partial charge in [-0.2, -0.15) is 4.31 Å². The van der Waals surface area contributed by atoms with E-state index in [1.165, 1.54) is 17.4 Å². The maximum absolute atomic E-state index is 12.3. The SMILES string of the molecule is Cc1nc([C@H]2CCCCN2S(C)(=O)=O)nc2c1CCCN2CCc1ccccc1. The summed E-state index contributed by atoms with van der Waals surface area (Å²) in [7, 11) is -3.28. The van der Waals surface area contributed by atoms with E-state index >= 15 is 0 Å². The van der Waals surface area contributed by atoms with Gasteiger partial charge in [-0.1, -0.05) is 36.8 Å². The number of fused-ring (bicyclic) bond motifs is 1. The lowest BCUT2D eigenvalue weighted by molar-refractivity contribution is 0.247. The third-order valence-corrected chi connectivity index (χ3v) is 7.34. The minimum absolute atomic E-state index is 0.249. The minimum atomic E-state index is -3.28. The molecule has 2 aromatic rings. The first-order chi connectivity index (χ1) is 13.9. The van der Waals surface area contributed by atoms with Crippen molar-refractivity contribution in [1.29, 1.82) is 0 Å². The summed E-state index contributed by atoms with van der Waals surface area (Å²) in [6.45, 7) is 4.49. The molecule has 4 rings (SSSR count). The number of piperidine rings is 1. The number of hydrogen-bond donors (Lipinski definition) is 0. The third kappa shape index (κ3) is 4.46. The van der Waals surface area contributed by atoms with Crippen LogP contribution in [0.3, 0.4) is 0 Å². The molecule has 1 saturated heterocycles. The Labute approximate surface area is 174 Å². The van der Waals surface area contributed by atoms with Gasteiger partial charge in [0.05, 0.1) is 12.3 Å². The number of anilines is 1. The van der Waals surface area contributed by atoms with Crippen molar-refractivity contribution in [1.82, 2.24) is 14.3 Å². The molecule has 3 heterocycles. The molecule has 0 bridgehead atoms. The van der Waals surface area contributed by atoms with E-state index in [0.29, 0.717) is 12.4 Å². The Balaban J connectivity index is 1.64. The molecule has 0 unspecified atom stereocenters. The van der Waals surface area contributed by atoms with Gasteiger partial charge in [0, 0.05) is 30.9 Å². The van der Waals surface area contributed by atoms with Gasteiger partial charge in [-0.3, -0.25) is 0 Å². The van der Waals surface area contributed by atoms with Gasteiger partial charge in [-0.05, 0) is 44.6 Å². The van der Waals surface area contributed by atoms with E-state index in [1.807, 2.05) is 13.0 Å². The zero-order chi connectivity index (χ0) is 20.4. The average Bonchev–Trinajstić information content (AvgIpc) is 2.72. The van der Waals surface area contributed by atoms with Crippen molar-refractivity contribution in [3.63, 3.8) is 0 Å². The van der Waals surface area contributed by atoms with Gasteiger partial charge < -0.3 is 4.90 Å². The monoisotopic (exact) mass is 414 g/mol. The zero-order valence-electron chi connectivity index (χ0n) is 17.3. The number of sulfonamides is 1. The normalized spacial score (nSPS) is 20.5. The lowest BCUT2D eigenvalue weighted by atomic mass is 10.0. The molecule has 0 amide bonds. The van der Waals surface area contributed by atoms with E-state index in [0.717, 1.165) is 63.1 Å². The molecule has 6 nitrogen and oxygen atoms in total. The van der Waals surface area contributed by atoms with Crippen LogP contribution < -0.4 is 4.90 Å². The largest absolute Gasteiger partial charge is 0.356 e. The molecule has 0 saturated carbocycles. The lowest BCUT2D eigenvalue weighted by Crippen LogP contribution is -2.39. The number of hydrogen-bond acceptors (Lipinski definition) is 5. The predicted molar refractivity (Wildman–Crippen MR) is 116 cm³/mol. The fourth-order valence-electron chi connectivity index (χ4n) is 4.54. The first-order valence-corrected chi connectivity index (χ1v) is 12.4. The standard InChI is InChI=1S/C22H30N4O2S/c1-17-19-11-8-14-25(16-13-18-9-4-3-5-10-18)22(19)24-21(23-17)20-12-6-7-15-26(20)29(2,27)28/h3-5,9-10,20H,6-8,11-16H2,1-2H3/t20-/m1/s1. The topological polar surface area (TPSA) is 66.4 Å². The number of rotatable bonds is 5. The van der Waals surface area contributed by atoms with Crippen LogP contribution >= 0.6 is 0 Å². The molecule has 0 N–H and O–H groups in total. The Morgan fingerprint density at radius 3 is 2.62 bits per heavy atom. The van der Waals surface area contributed by atoms with E-state index in [-0.39, 0.29) is 6.04 Å². The Morgan fingerprint density at radius 2 is 1.86 bits per heavy atom. The number of nitrogens with zero attached hydrogens (tertiary/aromatic N) is 4. The van der Waals surface area contributed by atoms with Gasteiger partial charge in [-0.15, -0.1) is 0 Å². The quantitative estimate of drug-likeness (QED) is 0.751. The molecule has 0 radical (unpaired) electrons. The highest BCUT2D eigenvalue weighted by Crippen LogP contribution is 2.34. The molecular weight excluding hydrogens is 384 g/mol. The van der Waals surface area contributed by atoms with Gasteiger partial charge in [0.25, 0.3) is 0 Å². The molecule has 2 aliphatic heterocycles. The van der Waals surface area contributed by atoms with Crippen molar-refractivity contribution >= 4 is 15.8 Å². The van der Waals surface area contributed by atoms with Gasteiger partial charge in [0.2, 0.25) is 10.0 Å². The lowest BCUT2D eigenvalue weighted by Gasteiger charge is -2.35. The van der Waals surface area contributed by atoms with Crippen molar-refractivity contribution in [2.75, 3.05) is 30.8 Å². The van der Waals surface area contributed by atoms with Crippen LogP contribution in [0.1, 0.15) is 54.4 Å². The second-order valence-electron chi connectivity index (χ2n) is 8.18. The van der Waals surface area contributed by atoms with Crippen molar-refractivity contribution in [2.24, 2.45) is 0 Å². The van der Waals surface area contributed by atoms with Crippen LogP contribution in [0.5, 0.6) is 0 Å². The minimum Gasteiger partial charge on any atom is -0.356 e. The molecule has 1 fully saturated rings. The molecule has 0 spiro atoms. The van der Waals surface area contributed by atoms with Crippen molar-refractivity contribution in [3.05, 3.63) is 53.0 Å². The second-order valence-corrected chi connectivity index (χ2v) is 10.1. The Kier molecular flexibility index (Phi) is 5.88. The Hall–Kier alpha value is -1.99. The summed E-state index contributed by atoms with van der Waals surface area (Å²) in [5, 5.41) is 0. The third-order valence-electron chi connectivity index (χ3n) is 6.05. The molecule has 156 valence electrons. The summed E-state index contributed by atoms with van der Waals surface area (Å²) >= 11 is 0. The summed E-state index contributed by atoms with van der Waals surface area (Å²) in [6, 6.07) is 10.3. The Morgan fingerprint density at radius 1 is 1.07 bits per heavy atom. The molecule has 2 aliphatic rings. The van der Waals surface area contributed by atoms with Gasteiger partial charge in [-0.25, -0.2) is 18.4 Å². The van der Waals surface area contributed by atoms with E-state index in [4.69, 9.17) is 9.97 Å². The van der Waals surface area contributed by atoms with Crippen LogP contribution in [-0.4, -0.2) is 48.6 Å². The Bertz CT molecular complexity index is 962. The summed E-state index contributed by atoms with van der Waals surface area (Å²) in [4.78, 5) is 12.1. The summed E-state index contributed by atoms with van der Waals surface area (Å²) < 4.78 is 26.2. The second kappa shape index (κ2) is 8.40. The summed E-state index contributed by atoms with van der Waals surface area (Å²) in [6.07, 6.45) is 7.05. The summed E-state index contributed by atoms with van der Waals surface area (Å²) in [5.41, 5.74) is 3.53. The summed E-state index contributed by atoms with van der Waals surface area (Å²) in [5.74, 6) is 1.67. The van der Waals surface area contributed by atoms with E-state index < -0.39 is 10.0 Å². The van der Waals surface area contributed by atoms with Crippen LogP contribution in [0.2, 0.25) is 0 Å². The molecule has 1 aromatic heterocycles. The fraction of sp³-hybridized carbons (Fsp3) is 0.545. The first-order valence-electron chi connectivity index (χ1n) is 10.6. The zero-order valence-corrected chi connectivity index (χ0v) is 18.2. The van der Waals surface area contributed by atoms with Crippen molar-refractivity contribution in [2.45, 2.75) is 51.5 Å². The maximum Gasteiger partial charge on any atom is 0.211 e. The molecule has 1 aromatic carbocycles. The van der Waals surface area contributed by atoms with E-state index in [2.05, 4.69) is 29.2 Å². The van der Waals surface area contributed by atoms with Crippen LogP contribution in [0, 0.1) is 6.92 Å². The molecule has 1 atom stereocenters. The highest BCUT2D eigenvalue weighted by molar-refractivity contribution is 7.88. The van der Waals surface area contributed by atoms with Crippen LogP contribution in [0.25, 0.3) is 0 Å². The average molecular weight is 415 g/mol. The van der Waals surface area contributed by atoms with E-state index in [9.17, 15) is 8.42 Å².